The highest BCUT2D eigenvalue weighted by molar-refractivity contribution is 5.39. The van der Waals surface area contributed by atoms with Crippen LogP contribution in [-0.2, 0) is 4.74 Å². The monoisotopic (exact) mass is 575 g/mol. The van der Waals surface area contributed by atoms with Gasteiger partial charge in [-0.1, -0.05) is 154 Å². The minimum Gasteiger partial charge on any atom is -0.447 e. The van der Waals surface area contributed by atoms with Crippen molar-refractivity contribution in [1.82, 2.24) is 9.80 Å². The van der Waals surface area contributed by atoms with Gasteiger partial charge in [0.1, 0.15) is 0 Å². The zero-order valence-corrected chi connectivity index (χ0v) is 27.6. The van der Waals surface area contributed by atoms with Crippen LogP contribution in [0.25, 0.3) is 0 Å². The number of fused-ring (bicyclic) bond motifs is 1. The zero-order valence-electron chi connectivity index (χ0n) is 27.6. The van der Waals surface area contributed by atoms with E-state index in [0.29, 0.717) is 0 Å². The van der Waals surface area contributed by atoms with Crippen molar-refractivity contribution in [2.45, 2.75) is 168 Å². The van der Waals surface area contributed by atoms with Crippen molar-refractivity contribution >= 4 is 0 Å². The van der Waals surface area contributed by atoms with Crippen LogP contribution >= 0.6 is 0 Å². The molecule has 0 fully saturated rings. The summed E-state index contributed by atoms with van der Waals surface area (Å²) in [5.41, 5.74) is 0. The van der Waals surface area contributed by atoms with Crippen molar-refractivity contribution in [3.8, 4) is 11.5 Å². The molecule has 1 aliphatic rings. The number of rotatable bonds is 26. The third-order valence-electron chi connectivity index (χ3n) is 8.49. The third kappa shape index (κ3) is 16.8. The standard InChI is InChI=1S/C36H66N2O3/c1-5-7-9-11-13-15-17-19-21-23-27-31-37(3)35-39-33-29-25-26-30-34(33)40-36(41-35)38(4)32-28-24-22-20-18-16-14-12-10-8-6-2/h25-26,29-30,35-36H,5-24,27-28,31-32H2,1-4H3. The molecule has 1 aromatic carbocycles. The number of hydrogen-bond donors (Lipinski definition) is 0. The summed E-state index contributed by atoms with van der Waals surface area (Å²) >= 11 is 0. The van der Waals surface area contributed by atoms with Crippen LogP contribution in [0.3, 0.4) is 0 Å². The van der Waals surface area contributed by atoms with E-state index in [9.17, 15) is 0 Å². The van der Waals surface area contributed by atoms with Crippen LogP contribution in [0.5, 0.6) is 11.5 Å². The van der Waals surface area contributed by atoms with Crippen LogP contribution in [-0.4, -0.2) is 49.8 Å². The van der Waals surface area contributed by atoms with Gasteiger partial charge in [0.15, 0.2) is 11.5 Å². The molecule has 5 nitrogen and oxygen atoms in total. The molecular formula is C36H66N2O3. The summed E-state index contributed by atoms with van der Waals surface area (Å²) in [6.45, 7) is 6.49. The number of benzene rings is 1. The Labute approximate surface area is 254 Å². The van der Waals surface area contributed by atoms with Crippen LogP contribution in [0.2, 0.25) is 0 Å². The highest BCUT2D eigenvalue weighted by Crippen LogP contribution is 2.33. The summed E-state index contributed by atoms with van der Waals surface area (Å²) in [7, 11) is 4.21. The minimum absolute atomic E-state index is 0.452. The second-order valence-corrected chi connectivity index (χ2v) is 12.5. The van der Waals surface area contributed by atoms with Crippen molar-refractivity contribution in [2.75, 3.05) is 27.2 Å². The summed E-state index contributed by atoms with van der Waals surface area (Å²) < 4.78 is 19.1. The fraction of sp³-hybridized carbons (Fsp3) is 0.833. The smallest absolute Gasteiger partial charge is 0.266 e. The molecule has 0 aliphatic carbocycles. The van der Waals surface area contributed by atoms with E-state index >= 15 is 0 Å². The fourth-order valence-corrected chi connectivity index (χ4v) is 5.67. The Morgan fingerprint density at radius 3 is 1.07 bits per heavy atom. The average Bonchev–Trinajstić information content (AvgIpc) is 3.18. The van der Waals surface area contributed by atoms with Crippen molar-refractivity contribution in [1.29, 1.82) is 0 Å². The lowest BCUT2D eigenvalue weighted by atomic mass is 10.1. The van der Waals surface area contributed by atoms with Gasteiger partial charge in [0.2, 0.25) is 0 Å². The fourth-order valence-electron chi connectivity index (χ4n) is 5.67. The van der Waals surface area contributed by atoms with Gasteiger partial charge in [-0.25, -0.2) is 9.80 Å². The Morgan fingerprint density at radius 1 is 0.463 bits per heavy atom. The summed E-state index contributed by atoms with van der Waals surface area (Å²) in [6.07, 6.45) is 28.9. The average molecular weight is 575 g/mol. The van der Waals surface area contributed by atoms with Crippen molar-refractivity contribution in [2.24, 2.45) is 0 Å². The second-order valence-electron chi connectivity index (χ2n) is 12.5. The Morgan fingerprint density at radius 2 is 0.756 bits per heavy atom. The molecule has 2 rings (SSSR count). The van der Waals surface area contributed by atoms with Gasteiger partial charge in [0.25, 0.3) is 12.8 Å². The summed E-state index contributed by atoms with van der Waals surface area (Å²) in [6, 6.07) is 7.96. The van der Waals surface area contributed by atoms with E-state index in [4.69, 9.17) is 14.2 Å². The predicted molar refractivity (Wildman–Crippen MR) is 175 cm³/mol. The minimum atomic E-state index is -0.452. The van der Waals surface area contributed by atoms with Crippen LogP contribution in [0.15, 0.2) is 24.3 Å². The molecule has 238 valence electrons. The van der Waals surface area contributed by atoms with Gasteiger partial charge >= 0.3 is 0 Å². The first-order valence-corrected chi connectivity index (χ1v) is 17.6. The van der Waals surface area contributed by atoms with Gasteiger partial charge in [-0.05, 0) is 39.1 Å². The first-order valence-electron chi connectivity index (χ1n) is 17.6. The lowest BCUT2D eigenvalue weighted by Gasteiger charge is -2.31. The highest BCUT2D eigenvalue weighted by Gasteiger charge is 2.31. The van der Waals surface area contributed by atoms with Crippen LogP contribution in [0.1, 0.15) is 155 Å². The quantitative estimate of drug-likeness (QED) is 0.103. The molecule has 1 aromatic rings. The molecule has 0 bridgehead atoms. The number of unbranched alkanes of at least 4 members (excludes halogenated alkanes) is 20. The van der Waals surface area contributed by atoms with E-state index in [1.54, 1.807) is 0 Å². The maximum atomic E-state index is 6.43. The lowest BCUT2D eigenvalue weighted by molar-refractivity contribution is -0.268. The van der Waals surface area contributed by atoms with Crippen molar-refractivity contribution in [3.05, 3.63) is 24.3 Å². The first kappa shape index (κ1) is 35.9. The number of para-hydroxylation sites is 2. The van der Waals surface area contributed by atoms with E-state index in [2.05, 4.69) is 37.7 Å². The number of nitrogens with zero attached hydrogens (tertiary/aromatic N) is 2. The molecule has 0 saturated heterocycles. The maximum Gasteiger partial charge on any atom is 0.266 e. The molecule has 1 heterocycles. The van der Waals surface area contributed by atoms with Crippen molar-refractivity contribution in [3.63, 3.8) is 0 Å². The molecule has 41 heavy (non-hydrogen) atoms. The van der Waals surface area contributed by atoms with Gasteiger partial charge in [-0.2, -0.15) is 0 Å². The van der Waals surface area contributed by atoms with Crippen molar-refractivity contribution < 1.29 is 14.2 Å². The van der Waals surface area contributed by atoms with E-state index in [1.807, 2.05) is 24.3 Å². The first-order chi connectivity index (χ1) is 20.2. The predicted octanol–water partition coefficient (Wildman–Crippen LogP) is 10.5. The zero-order chi connectivity index (χ0) is 29.4. The SMILES string of the molecule is CCCCCCCCCCCCCN(C)C1Oc2ccccc2OC(N(C)CCCCCCCCCCCCC)O1. The number of ether oxygens (including phenoxy) is 3. The molecule has 1 aliphatic heterocycles. The molecule has 0 saturated carbocycles. The third-order valence-corrected chi connectivity index (χ3v) is 8.49. The van der Waals surface area contributed by atoms with E-state index in [0.717, 1.165) is 37.4 Å². The van der Waals surface area contributed by atoms with Gasteiger partial charge in [-0.3, -0.25) is 4.74 Å². The molecule has 0 spiro atoms. The van der Waals surface area contributed by atoms with Crippen LogP contribution < -0.4 is 9.47 Å². The van der Waals surface area contributed by atoms with E-state index < -0.39 is 12.8 Å². The van der Waals surface area contributed by atoms with Crippen LogP contribution in [0.4, 0.5) is 0 Å². The highest BCUT2D eigenvalue weighted by atomic mass is 16.8. The Bertz CT molecular complexity index is 672. The molecule has 2 unspecified atom stereocenters. The Hall–Kier alpha value is -1.30. The molecule has 0 aromatic heterocycles. The van der Waals surface area contributed by atoms with E-state index in [-0.39, 0.29) is 0 Å². The molecule has 0 amide bonds. The van der Waals surface area contributed by atoms with Gasteiger partial charge < -0.3 is 9.47 Å². The molecular weight excluding hydrogens is 508 g/mol. The Balaban J connectivity index is 1.65. The Kier molecular flexibility index (Phi) is 21.2. The molecule has 0 radical (unpaired) electrons. The van der Waals surface area contributed by atoms with E-state index in [1.165, 1.54) is 128 Å². The van der Waals surface area contributed by atoms with Crippen LogP contribution in [0, 0.1) is 0 Å². The largest absolute Gasteiger partial charge is 0.447 e. The topological polar surface area (TPSA) is 34.2 Å². The van der Waals surface area contributed by atoms with Gasteiger partial charge in [0, 0.05) is 13.1 Å². The molecule has 2 atom stereocenters. The summed E-state index contributed by atoms with van der Waals surface area (Å²) in [5, 5.41) is 0. The lowest BCUT2D eigenvalue weighted by Crippen LogP contribution is -2.47. The second kappa shape index (κ2) is 24.2. The summed E-state index contributed by atoms with van der Waals surface area (Å²) in [4.78, 5) is 4.39. The van der Waals surface area contributed by atoms with Gasteiger partial charge in [-0.15, -0.1) is 0 Å². The maximum absolute atomic E-state index is 6.43. The molecule has 5 heteroatoms. The molecule has 0 N–H and O–H groups in total. The van der Waals surface area contributed by atoms with Gasteiger partial charge in [0.05, 0.1) is 0 Å². The number of hydrogen-bond acceptors (Lipinski definition) is 5. The summed E-state index contributed by atoms with van der Waals surface area (Å²) in [5.74, 6) is 1.52. The normalized spacial score (nSPS) is 16.9.